The van der Waals surface area contributed by atoms with Crippen LogP contribution in [0.4, 0.5) is 0 Å². The second-order valence-electron chi connectivity index (χ2n) is 9.58. The van der Waals surface area contributed by atoms with Crippen molar-refractivity contribution in [3.05, 3.63) is 29.8 Å². The Kier molecular flexibility index (Phi) is 5.41. The first-order chi connectivity index (χ1) is 12.8. The zero-order valence-electron chi connectivity index (χ0n) is 17.5. The molecule has 1 aromatic carbocycles. The zero-order valence-corrected chi connectivity index (χ0v) is 17.5. The summed E-state index contributed by atoms with van der Waals surface area (Å²) in [7, 11) is -0.264. The second-order valence-corrected chi connectivity index (χ2v) is 9.58. The van der Waals surface area contributed by atoms with E-state index >= 15 is 0 Å². The van der Waals surface area contributed by atoms with Gasteiger partial charge in [-0.05, 0) is 90.6 Å². The van der Waals surface area contributed by atoms with Crippen LogP contribution in [0.2, 0.25) is 0 Å². The Morgan fingerprint density at radius 1 is 0.889 bits per heavy atom. The van der Waals surface area contributed by atoms with Gasteiger partial charge in [-0.25, -0.2) is 0 Å². The molecule has 0 aliphatic carbocycles. The van der Waals surface area contributed by atoms with Crippen LogP contribution in [0.5, 0.6) is 0 Å². The van der Waals surface area contributed by atoms with Gasteiger partial charge in [0.25, 0.3) is 0 Å². The Balaban J connectivity index is 1.30. The molecule has 3 heterocycles. The van der Waals surface area contributed by atoms with Gasteiger partial charge in [0.15, 0.2) is 0 Å². The van der Waals surface area contributed by atoms with E-state index in [-0.39, 0.29) is 18.3 Å². The smallest absolute Gasteiger partial charge is 0.399 e. The third-order valence-electron chi connectivity index (χ3n) is 7.13. The standard InChI is InChI=1S/C22H35BN2O2/c1-21(2)22(3,4)27-23(26-21)19-9-7-18(8-10-19)17-24-15-11-20(12-16-24)25-13-5-6-14-25/h7-10,20H,5-6,11-17H2,1-4H3. The van der Waals surface area contributed by atoms with Crippen LogP contribution in [0.1, 0.15) is 58.9 Å². The lowest BCUT2D eigenvalue weighted by atomic mass is 9.79. The van der Waals surface area contributed by atoms with E-state index in [0.717, 1.165) is 18.0 Å². The minimum Gasteiger partial charge on any atom is -0.399 e. The summed E-state index contributed by atoms with van der Waals surface area (Å²) in [6.45, 7) is 14.6. The maximum Gasteiger partial charge on any atom is 0.494 e. The summed E-state index contributed by atoms with van der Waals surface area (Å²) < 4.78 is 12.3. The van der Waals surface area contributed by atoms with Crippen LogP contribution >= 0.6 is 0 Å². The fraction of sp³-hybridized carbons (Fsp3) is 0.727. The van der Waals surface area contributed by atoms with E-state index in [0.29, 0.717) is 0 Å². The van der Waals surface area contributed by atoms with Gasteiger partial charge in [-0.2, -0.15) is 0 Å². The van der Waals surface area contributed by atoms with Gasteiger partial charge in [-0.1, -0.05) is 24.3 Å². The van der Waals surface area contributed by atoms with Crippen molar-refractivity contribution in [1.29, 1.82) is 0 Å². The molecule has 3 saturated heterocycles. The van der Waals surface area contributed by atoms with Crippen LogP contribution in [0.15, 0.2) is 24.3 Å². The van der Waals surface area contributed by atoms with Crippen LogP contribution in [-0.4, -0.2) is 60.3 Å². The highest BCUT2D eigenvalue weighted by Crippen LogP contribution is 2.36. The molecule has 0 radical (unpaired) electrons. The summed E-state index contributed by atoms with van der Waals surface area (Å²) in [6.07, 6.45) is 5.45. The molecule has 0 saturated carbocycles. The molecular weight excluding hydrogens is 335 g/mol. The molecule has 3 aliphatic rings. The normalized spacial score (nSPS) is 26.7. The first-order valence-corrected chi connectivity index (χ1v) is 10.7. The second kappa shape index (κ2) is 7.51. The predicted octanol–water partition coefficient (Wildman–Crippen LogP) is 3.05. The third kappa shape index (κ3) is 4.12. The summed E-state index contributed by atoms with van der Waals surface area (Å²) >= 11 is 0. The van der Waals surface area contributed by atoms with E-state index in [2.05, 4.69) is 61.8 Å². The zero-order chi connectivity index (χ0) is 19.1. The highest BCUT2D eigenvalue weighted by Gasteiger charge is 2.51. The molecule has 27 heavy (non-hydrogen) atoms. The number of piperidine rings is 1. The predicted molar refractivity (Wildman–Crippen MR) is 111 cm³/mol. The van der Waals surface area contributed by atoms with E-state index in [1.165, 1.54) is 57.4 Å². The molecule has 0 amide bonds. The Bertz CT molecular complexity index is 616. The quantitative estimate of drug-likeness (QED) is 0.761. The number of hydrogen-bond donors (Lipinski definition) is 0. The van der Waals surface area contributed by atoms with Gasteiger partial charge < -0.3 is 14.2 Å². The Morgan fingerprint density at radius 2 is 1.44 bits per heavy atom. The van der Waals surface area contributed by atoms with Crippen molar-refractivity contribution in [3.8, 4) is 0 Å². The van der Waals surface area contributed by atoms with E-state index in [1.54, 1.807) is 0 Å². The summed E-state index contributed by atoms with van der Waals surface area (Å²) in [5.41, 5.74) is 1.94. The topological polar surface area (TPSA) is 24.9 Å². The molecule has 0 bridgehead atoms. The van der Waals surface area contributed by atoms with E-state index < -0.39 is 0 Å². The van der Waals surface area contributed by atoms with E-state index in [9.17, 15) is 0 Å². The maximum atomic E-state index is 6.16. The monoisotopic (exact) mass is 370 g/mol. The van der Waals surface area contributed by atoms with Crippen LogP contribution in [0.25, 0.3) is 0 Å². The number of benzene rings is 1. The first-order valence-electron chi connectivity index (χ1n) is 10.7. The molecular formula is C22H35BN2O2. The molecule has 4 nitrogen and oxygen atoms in total. The SMILES string of the molecule is CC1(C)OB(c2ccc(CN3CCC(N4CCCC4)CC3)cc2)OC1(C)C. The average molecular weight is 370 g/mol. The maximum absolute atomic E-state index is 6.16. The lowest BCUT2D eigenvalue weighted by Crippen LogP contribution is -2.43. The van der Waals surface area contributed by atoms with Crippen molar-refractivity contribution in [3.63, 3.8) is 0 Å². The van der Waals surface area contributed by atoms with Gasteiger partial charge in [0.1, 0.15) is 0 Å². The van der Waals surface area contributed by atoms with Gasteiger partial charge in [0.2, 0.25) is 0 Å². The van der Waals surface area contributed by atoms with Crippen molar-refractivity contribution in [2.24, 2.45) is 0 Å². The largest absolute Gasteiger partial charge is 0.494 e. The molecule has 1 aromatic rings. The molecule has 148 valence electrons. The fourth-order valence-electron chi connectivity index (χ4n) is 4.57. The number of nitrogens with zero attached hydrogens (tertiary/aromatic N) is 2. The minimum atomic E-state index is -0.282. The fourth-order valence-corrected chi connectivity index (χ4v) is 4.57. The molecule has 3 fully saturated rings. The van der Waals surface area contributed by atoms with Gasteiger partial charge in [-0.3, -0.25) is 4.90 Å². The average Bonchev–Trinajstić information content (AvgIpc) is 3.23. The Labute approximate surface area is 165 Å². The molecule has 0 aromatic heterocycles. The number of hydrogen-bond acceptors (Lipinski definition) is 4. The highest BCUT2D eigenvalue weighted by atomic mass is 16.7. The van der Waals surface area contributed by atoms with Crippen molar-refractivity contribution < 1.29 is 9.31 Å². The molecule has 0 unspecified atom stereocenters. The summed E-state index contributed by atoms with van der Waals surface area (Å²) in [5.74, 6) is 0. The van der Waals surface area contributed by atoms with Gasteiger partial charge in [-0.15, -0.1) is 0 Å². The van der Waals surface area contributed by atoms with Crippen molar-refractivity contribution in [1.82, 2.24) is 9.80 Å². The van der Waals surface area contributed by atoms with Crippen LogP contribution in [0.3, 0.4) is 0 Å². The molecule has 0 atom stereocenters. The first kappa shape index (κ1) is 19.4. The minimum absolute atomic E-state index is 0.264. The number of rotatable bonds is 4. The summed E-state index contributed by atoms with van der Waals surface area (Å²) in [5, 5.41) is 0. The Hall–Kier alpha value is -0.875. The van der Waals surface area contributed by atoms with Crippen LogP contribution < -0.4 is 5.46 Å². The van der Waals surface area contributed by atoms with Gasteiger partial charge in [0, 0.05) is 12.6 Å². The highest BCUT2D eigenvalue weighted by molar-refractivity contribution is 6.62. The lowest BCUT2D eigenvalue weighted by Gasteiger charge is -2.36. The summed E-state index contributed by atoms with van der Waals surface area (Å²) in [6, 6.07) is 9.66. The molecule has 4 rings (SSSR count). The molecule has 0 spiro atoms. The molecule has 3 aliphatic heterocycles. The number of likely N-dealkylation sites (tertiary alicyclic amines) is 2. The van der Waals surface area contributed by atoms with Crippen LogP contribution in [-0.2, 0) is 15.9 Å². The summed E-state index contributed by atoms with van der Waals surface area (Å²) in [4.78, 5) is 5.33. The van der Waals surface area contributed by atoms with Gasteiger partial charge in [0.05, 0.1) is 11.2 Å². The van der Waals surface area contributed by atoms with Crippen LogP contribution in [0, 0.1) is 0 Å². The van der Waals surface area contributed by atoms with Gasteiger partial charge >= 0.3 is 7.12 Å². The lowest BCUT2D eigenvalue weighted by molar-refractivity contribution is 0.00578. The Morgan fingerprint density at radius 3 is 2.00 bits per heavy atom. The van der Waals surface area contributed by atoms with Crippen molar-refractivity contribution in [2.45, 2.75) is 77.2 Å². The third-order valence-corrected chi connectivity index (χ3v) is 7.13. The van der Waals surface area contributed by atoms with Crippen molar-refractivity contribution >= 4 is 12.6 Å². The molecule has 0 N–H and O–H groups in total. The van der Waals surface area contributed by atoms with E-state index in [4.69, 9.17) is 9.31 Å². The molecule has 5 heteroatoms. The van der Waals surface area contributed by atoms with E-state index in [1.807, 2.05) is 0 Å². The van der Waals surface area contributed by atoms with Crippen molar-refractivity contribution in [2.75, 3.05) is 26.2 Å².